The highest BCUT2D eigenvalue weighted by Gasteiger charge is 2.07. The molecule has 0 bridgehead atoms. The number of hydrogen-bond donors (Lipinski definition) is 2. The van der Waals surface area contributed by atoms with Crippen LogP contribution < -0.4 is 10.6 Å². The Hall–Kier alpha value is -3.22. The summed E-state index contributed by atoms with van der Waals surface area (Å²) in [5, 5.41) is 9.74. The van der Waals surface area contributed by atoms with E-state index >= 15 is 0 Å². The number of amides is 2. The maximum absolute atomic E-state index is 12.0. The molecule has 24 heavy (non-hydrogen) atoms. The van der Waals surface area contributed by atoms with Gasteiger partial charge in [-0.2, -0.15) is 5.10 Å². The summed E-state index contributed by atoms with van der Waals surface area (Å²) in [6.45, 7) is 2.57. The molecule has 2 N–H and O–H groups in total. The molecule has 0 saturated carbocycles. The SMILES string of the molecule is CCc1ccccc1CNC(=O)Nc1cnn(-c2ncccn2)c1. The molecule has 1 aromatic carbocycles. The lowest BCUT2D eigenvalue weighted by molar-refractivity contribution is 0.251. The number of nitrogens with one attached hydrogen (secondary N) is 2. The summed E-state index contributed by atoms with van der Waals surface area (Å²) in [5.74, 6) is 0.447. The average Bonchev–Trinajstić information content (AvgIpc) is 3.09. The Balaban J connectivity index is 1.58. The fourth-order valence-electron chi connectivity index (χ4n) is 2.33. The van der Waals surface area contributed by atoms with Gasteiger partial charge in [-0.1, -0.05) is 31.2 Å². The summed E-state index contributed by atoms with van der Waals surface area (Å²) in [6.07, 6.45) is 7.41. The summed E-state index contributed by atoms with van der Waals surface area (Å²) < 4.78 is 1.50. The first kappa shape index (κ1) is 15.7. The van der Waals surface area contributed by atoms with Crippen LogP contribution in [0.4, 0.5) is 10.5 Å². The van der Waals surface area contributed by atoms with Crippen molar-refractivity contribution in [3.63, 3.8) is 0 Å². The van der Waals surface area contributed by atoms with Gasteiger partial charge in [0.1, 0.15) is 0 Å². The summed E-state index contributed by atoms with van der Waals surface area (Å²) >= 11 is 0. The van der Waals surface area contributed by atoms with E-state index in [9.17, 15) is 4.79 Å². The number of nitrogens with zero attached hydrogens (tertiary/aromatic N) is 4. The van der Waals surface area contributed by atoms with Gasteiger partial charge in [0.25, 0.3) is 0 Å². The van der Waals surface area contributed by atoms with Gasteiger partial charge in [-0.05, 0) is 23.6 Å². The molecular weight excluding hydrogens is 304 g/mol. The fourth-order valence-corrected chi connectivity index (χ4v) is 2.33. The quantitative estimate of drug-likeness (QED) is 0.756. The molecule has 0 unspecified atom stereocenters. The molecule has 3 rings (SSSR count). The number of aromatic nitrogens is 4. The van der Waals surface area contributed by atoms with E-state index in [0.717, 1.165) is 12.0 Å². The van der Waals surface area contributed by atoms with Gasteiger partial charge in [0.05, 0.1) is 18.1 Å². The number of carbonyl (C=O) groups is 1. The van der Waals surface area contributed by atoms with Crippen molar-refractivity contribution in [2.24, 2.45) is 0 Å². The molecule has 2 aromatic heterocycles. The first-order valence-corrected chi connectivity index (χ1v) is 7.70. The average molecular weight is 322 g/mol. The van der Waals surface area contributed by atoms with E-state index in [0.29, 0.717) is 18.2 Å². The standard InChI is InChI=1S/C17H18N6O/c1-2-13-6-3-4-7-14(13)10-20-17(24)22-15-11-21-23(12-15)16-18-8-5-9-19-16/h3-9,11-12H,2,10H2,1H3,(H2,20,22,24). The molecule has 0 fully saturated rings. The molecule has 3 aromatic rings. The number of aryl methyl sites for hydroxylation is 1. The van der Waals surface area contributed by atoms with E-state index in [1.54, 1.807) is 30.9 Å². The predicted octanol–water partition coefficient (Wildman–Crippen LogP) is 2.55. The minimum absolute atomic E-state index is 0.283. The zero-order valence-electron chi connectivity index (χ0n) is 13.3. The van der Waals surface area contributed by atoms with Crippen molar-refractivity contribution in [1.82, 2.24) is 25.1 Å². The van der Waals surface area contributed by atoms with Crippen LogP contribution in [-0.4, -0.2) is 25.8 Å². The Morgan fingerprint density at radius 1 is 1.12 bits per heavy atom. The number of urea groups is 1. The molecule has 0 radical (unpaired) electrons. The summed E-state index contributed by atoms with van der Waals surface area (Å²) in [4.78, 5) is 20.2. The Bertz CT molecular complexity index is 815. The minimum atomic E-state index is -0.283. The van der Waals surface area contributed by atoms with Crippen LogP contribution in [0.25, 0.3) is 5.95 Å². The molecule has 0 aliphatic heterocycles. The van der Waals surface area contributed by atoms with Crippen LogP contribution in [0.1, 0.15) is 18.1 Å². The van der Waals surface area contributed by atoms with Crippen LogP contribution >= 0.6 is 0 Å². The van der Waals surface area contributed by atoms with Crippen LogP contribution in [0.2, 0.25) is 0 Å². The van der Waals surface area contributed by atoms with Crippen molar-refractivity contribution < 1.29 is 4.79 Å². The van der Waals surface area contributed by atoms with E-state index in [-0.39, 0.29) is 6.03 Å². The third-order valence-electron chi connectivity index (χ3n) is 3.54. The maximum Gasteiger partial charge on any atom is 0.319 e. The molecule has 2 heterocycles. The van der Waals surface area contributed by atoms with Crippen molar-refractivity contribution in [2.45, 2.75) is 19.9 Å². The Labute approximate surface area is 139 Å². The lowest BCUT2D eigenvalue weighted by Crippen LogP contribution is -2.28. The topological polar surface area (TPSA) is 84.7 Å². The fraction of sp³-hybridized carbons (Fsp3) is 0.176. The third kappa shape index (κ3) is 3.75. The summed E-state index contributed by atoms with van der Waals surface area (Å²) in [5.41, 5.74) is 2.92. The highest BCUT2D eigenvalue weighted by atomic mass is 16.2. The Kier molecular flexibility index (Phi) is 4.81. The zero-order valence-corrected chi connectivity index (χ0v) is 13.3. The van der Waals surface area contributed by atoms with E-state index in [2.05, 4.69) is 38.7 Å². The number of carbonyl (C=O) groups excluding carboxylic acids is 1. The lowest BCUT2D eigenvalue weighted by atomic mass is 10.1. The van der Waals surface area contributed by atoms with Crippen LogP contribution in [0.5, 0.6) is 0 Å². The Morgan fingerprint density at radius 2 is 1.88 bits per heavy atom. The van der Waals surface area contributed by atoms with E-state index in [4.69, 9.17) is 0 Å². The van der Waals surface area contributed by atoms with Gasteiger partial charge in [0, 0.05) is 18.9 Å². The first-order valence-electron chi connectivity index (χ1n) is 7.70. The molecule has 0 spiro atoms. The van der Waals surface area contributed by atoms with Gasteiger partial charge >= 0.3 is 6.03 Å². The molecule has 0 aliphatic carbocycles. The third-order valence-corrected chi connectivity index (χ3v) is 3.54. The highest BCUT2D eigenvalue weighted by Crippen LogP contribution is 2.10. The second kappa shape index (κ2) is 7.36. The molecule has 0 saturated heterocycles. The molecule has 7 nitrogen and oxygen atoms in total. The zero-order chi connectivity index (χ0) is 16.8. The predicted molar refractivity (Wildman–Crippen MR) is 90.8 cm³/mol. The second-order valence-electron chi connectivity index (χ2n) is 5.15. The molecule has 0 aliphatic rings. The minimum Gasteiger partial charge on any atom is -0.334 e. The van der Waals surface area contributed by atoms with Crippen molar-refractivity contribution in [2.75, 3.05) is 5.32 Å². The number of benzene rings is 1. The van der Waals surface area contributed by atoms with E-state index < -0.39 is 0 Å². The molecule has 7 heteroatoms. The highest BCUT2D eigenvalue weighted by molar-refractivity contribution is 5.88. The van der Waals surface area contributed by atoms with Crippen LogP contribution in [0.15, 0.2) is 55.1 Å². The van der Waals surface area contributed by atoms with Crippen molar-refractivity contribution >= 4 is 11.7 Å². The first-order chi connectivity index (χ1) is 11.8. The number of hydrogen-bond acceptors (Lipinski definition) is 4. The van der Waals surface area contributed by atoms with E-state index in [1.807, 2.05) is 18.2 Å². The normalized spacial score (nSPS) is 10.4. The molecule has 0 atom stereocenters. The van der Waals surface area contributed by atoms with Gasteiger partial charge in [0.2, 0.25) is 5.95 Å². The number of anilines is 1. The smallest absolute Gasteiger partial charge is 0.319 e. The monoisotopic (exact) mass is 322 g/mol. The van der Waals surface area contributed by atoms with Gasteiger partial charge in [-0.25, -0.2) is 19.4 Å². The van der Waals surface area contributed by atoms with Crippen LogP contribution in [0, 0.1) is 0 Å². The maximum atomic E-state index is 12.0. The summed E-state index contributed by atoms with van der Waals surface area (Å²) in [7, 11) is 0. The van der Waals surface area contributed by atoms with Gasteiger partial charge < -0.3 is 10.6 Å². The van der Waals surface area contributed by atoms with E-state index in [1.165, 1.54) is 10.2 Å². The lowest BCUT2D eigenvalue weighted by Gasteiger charge is -2.09. The van der Waals surface area contributed by atoms with Gasteiger partial charge in [-0.3, -0.25) is 0 Å². The number of rotatable bonds is 5. The van der Waals surface area contributed by atoms with Crippen LogP contribution in [0.3, 0.4) is 0 Å². The molecular formula is C17H18N6O. The van der Waals surface area contributed by atoms with Crippen molar-refractivity contribution in [3.8, 4) is 5.95 Å². The van der Waals surface area contributed by atoms with Gasteiger partial charge in [-0.15, -0.1) is 0 Å². The van der Waals surface area contributed by atoms with Crippen molar-refractivity contribution in [1.29, 1.82) is 0 Å². The van der Waals surface area contributed by atoms with Gasteiger partial charge in [0.15, 0.2) is 0 Å². The largest absolute Gasteiger partial charge is 0.334 e. The second-order valence-corrected chi connectivity index (χ2v) is 5.15. The van der Waals surface area contributed by atoms with Crippen molar-refractivity contribution in [3.05, 3.63) is 66.2 Å². The summed E-state index contributed by atoms with van der Waals surface area (Å²) in [6, 6.07) is 9.51. The van der Waals surface area contributed by atoms with Crippen LogP contribution in [-0.2, 0) is 13.0 Å². The molecule has 2 amide bonds. The Morgan fingerprint density at radius 3 is 2.62 bits per heavy atom. The molecule has 122 valence electrons.